The number of rotatable bonds is 8. The molecule has 5 N–H and O–H groups in total. The van der Waals surface area contributed by atoms with Crippen molar-refractivity contribution in [1.82, 2.24) is 14.9 Å². The first-order valence-corrected chi connectivity index (χ1v) is 15.6. The average molecular weight is 547 g/mol. The van der Waals surface area contributed by atoms with E-state index >= 15 is 0 Å². The average Bonchev–Trinajstić information content (AvgIpc) is 3.59. The summed E-state index contributed by atoms with van der Waals surface area (Å²) in [6.45, 7) is 6.63. The molecule has 8 nitrogen and oxygen atoms in total. The van der Waals surface area contributed by atoms with E-state index in [-0.39, 0.29) is 17.8 Å². The van der Waals surface area contributed by atoms with Gasteiger partial charge < -0.3 is 26.4 Å². The third kappa shape index (κ3) is 5.70. The van der Waals surface area contributed by atoms with E-state index < -0.39 is 5.91 Å². The van der Waals surface area contributed by atoms with Crippen molar-refractivity contribution >= 4 is 23.2 Å². The number of aromatic nitrogens is 2. The number of hydrogen-bond acceptors (Lipinski definition) is 7. The van der Waals surface area contributed by atoms with Gasteiger partial charge in [-0.2, -0.15) is 0 Å². The number of nitrogens with one attached hydrogen (secondary N) is 2. The van der Waals surface area contributed by atoms with Gasteiger partial charge in [0.1, 0.15) is 5.82 Å². The minimum absolute atomic E-state index is 0.163. The molecule has 1 aliphatic heterocycles. The van der Waals surface area contributed by atoms with Crippen LogP contribution in [-0.4, -0.2) is 57.2 Å². The lowest BCUT2D eigenvalue weighted by Crippen LogP contribution is -2.43. The van der Waals surface area contributed by atoms with Crippen LogP contribution in [0.2, 0.25) is 0 Å². The number of aliphatic hydroxyl groups excluding tert-OH is 1. The summed E-state index contributed by atoms with van der Waals surface area (Å²) in [5, 5.41) is 16.8. The minimum Gasteiger partial charge on any atom is -0.393 e. The predicted octanol–water partition coefficient (Wildman–Crippen LogP) is 5.27. The highest BCUT2D eigenvalue weighted by molar-refractivity contribution is 5.96. The van der Waals surface area contributed by atoms with Crippen molar-refractivity contribution in [3.05, 3.63) is 40.7 Å². The maximum Gasteiger partial charge on any atom is 0.271 e. The number of carbonyl (C=O) groups excluding carboxylic acids is 1. The molecule has 4 aliphatic rings. The Morgan fingerprint density at radius 3 is 2.42 bits per heavy atom. The Kier molecular flexibility index (Phi) is 8.00. The zero-order valence-electron chi connectivity index (χ0n) is 24.2. The van der Waals surface area contributed by atoms with Crippen molar-refractivity contribution in [2.24, 2.45) is 17.6 Å². The summed E-state index contributed by atoms with van der Waals surface area (Å²) in [4.78, 5) is 24.6. The number of benzene rings is 1. The molecule has 1 aromatic carbocycles. The van der Waals surface area contributed by atoms with Gasteiger partial charge in [-0.1, -0.05) is 19.4 Å². The molecule has 2 bridgehead atoms. The summed E-state index contributed by atoms with van der Waals surface area (Å²) >= 11 is 0. The quantitative estimate of drug-likeness (QED) is 0.356. The number of nitrogens with two attached hydrogens (primary N) is 1. The summed E-state index contributed by atoms with van der Waals surface area (Å²) in [5.41, 5.74) is 10.2. The maximum atomic E-state index is 12.3. The Labute approximate surface area is 238 Å². The van der Waals surface area contributed by atoms with E-state index in [0.29, 0.717) is 24.0 Å². The summed E-state index contributed by atoms with van der Waals surface area (Å²) in [6.07, 6.45) is 12.0. The predicted molar refractivity (Wildman–Crippen MR) is 159 cm³/mol. The fourth-order valence-electron chi connectivity index (χ4n) is 8.05. The summed E-state index contributed by atoms with van der Waals surface area (Å²) in [6, 6.07) is 7.58. The largest absolute Gasteiger partial charge is 0.393 e. The summed E-state index contributed by atoms with van der Waals surface area (Å²) < 4.78 is 0. The lowest BCUT2D eigenvalue weighted by molar-refractivity contribution is 0.0996. The Morgan fingerprint density at radius 2 is 1.80 bits per heavy atom. The Morgan fingerprint density at radius 1 is 1.02 bits per heavy atom. The van der Waals surface area contributed by atoms with Crippen LogP contribution in [0.3, 0.4) is 0 Å². The van der Waals surface area contributed by atoms with Crippen molar-refractivity contribution in [1.29, 1.82) is 0 Å². The van der Waals surface area contributed by atoms with Crippen LogP contribution in [0.15, 0.2) is 18.2 Å². The maximum absolute atomic E-state index is 12.3. The molecule has 0 spiro atoms. The number of piperidine rings is 1. The highest BCUT2D eigenvalue weighted by Crippen LogP contribution is 2.47. The number of amides is 1. The SMILES string of the molecule is CCc1nc(C(N)=O)c(Nc2ccc(C3CCN(C4CC5CCC4C5)CC3)c(C)c2)nc1N[C@H]1CC[C@H](O)CC1. The number of aliphatic hydroxyl groups is 1. The van der Waals surface area contributed by atoms with Gasteiger partial charge in [0, 0.05) is 17.8 Å². The van der Waals surface area contributed by atoms with Crippen molar-refractivity contribution < 1.29 is 9.90 Å². The lowest BCUT2D eigenvalue weighted by Gasteiger charge is -2.40. The van der Waals surface area contributed by atoms with Gasteiger partial charge >= 0.3 is 0 Å². The van der Waals surface area contributed by atoms with Gasteiger partial charge in [0.05, 0.1) is 11.8 Å². The Hall–Kier alpha value is -2.71. The monoisotopic (exact) mass is 546 g/mol. The lowest BCUT2D eigenvalue weighted by atomic mass is 9.84. The number of aryl methyl sites for hydroxylation is 2. The number of fused-ring (bicyclic) bond motifs is 2. The first kappa shape index (κ1) is 27.5. The third-order valence-corrected chi connectivity index (χ3v) is 10.2. The molecule has 1 amide bonds. The number of primary amides is 1. The molecule has 8 heteroatoms. The van der Waals surface area contributed by atoms with E-state index in [0.717, 1.165) is 54.9 Å². The molecular weight excluding hydrogens is 500 g/mol. The molecule has 40 heavy (non-hydrogen) atoms. The van der Waals surface area contributed by atoms with Crippen molar-refractivity contribution in [2.75, 3.05) is 23.7 Å². The Balaban J connectivity index is 1.15. The molecule has 0 radical (unpaired) electrons. The molecule has 2 aromatic rings. The molecule has 216 valence electrons. The van der Waals surface area contributed by atoms with Crippen LogP contribution in [0.1, 0.15) is 104 Å². The van der Waals surface area contributed by atoms with Gasteiger partial charge in [-0.3, -0.25) is 4.79 Å². The topological polar surface area (TPSA) is 116 Å². The van der Waals surface area contributed by atoms with E-state index in [9.17, 15) is 9.90 Å². The molecule has 3 aliphatic carbocycles. The van der Waals surface area contributed by atoms with Gasteiger partial charge in [-0.15, -0.1) is 0 Å². The van der Waals surface area contributed by atoms with Gasteiger partial charge in [0.2, 0.25) is 0 Å². The van der Waals surface area contributed by atoms with Gasteiger partial charge in [-0.25, -0.2) is 9.97 Å². The fourth-order valence-corrected chi connectivity index (χ4v) is 8.05. The van der Waals surface area contributed by atoms with Crippen LogP contribution < -0.4 is 16.4 Å². The summed E-state index contributed by atoms with van der Waals surface area (Å²) in [5.74, 6) is 3.04. The van der Waals surface area contributed by atoms with Crippen molar-refractivity contribution in [3.63, 3.8) is 0 Å². The smallest absolute Gasteiger partial charge is 0.271 e. The van der Waals surface area contributed by atoms with E-state index in [4.69, 9.17) is 10.7 Å². The first-order valence-electron chi connectivity index (χ1n) is 15.6. The number of hydrogen-bond donors (Lipinski definition) is 4. The molecule has 1 aromatic heterocycles. The second-order valence-electron chi connectivity index (χ2n) is 12.8. The fraction of sp³-hybridized carbons (Fsp3) is 0.656. The van der Waals surface area contributed by atoms with Crippen LogP contribution in [0.4, 0.5) is 17.3 Å². The Bertz CT molecular complexity index is 1220. The van der Waals surface area contributed by atoms with Gasteiger partial charge in [0.25, 0.3) is 5.91 Å². The van der Waals surface area contributed by atoms with Crippen LogP contribution in [-0.2, 0) is 6.42 Å². The number of nitrogens with zero attached hydrogens (tertiary/aromatic N) is 3. The standard InChI is InChI=1S/C32H46N6O2/c1-3-27-31(34-23-6-9-25(39)10-7-23)37-32(29(36-27)30(33)40)35-24-8-11-26(19(2)16-24)21-12-14-38(15-13-21)28-18-20-4-5-22(28)17-20/h8,11,16,20-23,25,28,39H,3-7,9-10,12-15,17-18H2,1-2H3,(H2,33,40)(H2,34,35,37)/t20?,22?,23-,25-,28?. The van der Waals surface area contributed by atoms with Gasteiger partial charge in [-0.05, 0) is 125 Å². The van der Waals surface area contributed by atoms with Crippen molar-refractivity contribution in [3.8, 4) is 0 Å². The highest BCUT2D eigenvalue weighted by Gasteiger charge is 2.43. The van der Waals surface area contributed by atoms with E-state index in [1.54, 1.807) is 0 Å². The molecule has 3 atom stereocenters. The molecule has 4 fully saturated rings. The normalized spacial score (nSPS) is 29.0. The zero-order valence-corrected chi connectivity index (χ0v) is 24.2. The van der Waals surface area contributed by atoms with Crippen molar-refractivity contribution in [2.45, 2.75) is 109 Å². The zero-order chi connectivity index (χ0) is 27.8. The van der Waals surface area contributed by atoms with Crippen LogP contribution >= 0.6 is 0 Å². The van der Waals surface area contributed by atoms with Crippen LogP contribution in [0.25, 0.3) is 0 Å². The second-order valence-corrected chi connectivity index (χ2v) is 12.8. The molecule has 2 heterocycles. The molecule has 6 rings (SSSR count). The molecular formula is C32H46N6O2. The minimum atomic E-state index is -0.590. The van der Waals surface area contributed by atoms with Crippen LogP contribution in [0.5, 0.6) is 0 Å². The number of likely N-dealkylation sites (tertiary alicyclic amines) is 1. The molecule has 1 saturated heterocycles. The third-order valence-electron chi connectivity index (χ3n) is 10.2. The number of anilines is 3. The van der Waals surface area contributed by atoms with Crippen LogP contribution in [0, 0.1) is 18.8 Å². The summed E-state index contributed by atoms with van der Waals surface area (Å²) in [7, 11) is 0. The van der Waals surface area contributed by atoms with E-state index in [2.05, 4.69) is 45.6 Å². The van der Waals surface area contributed by atoms with E-state index in [1.165, 1.54) is 62.7 Å². The highest BCUT2D eigenvalue weighted by atomic mass is 16.3. The van der Waals surface area contributed by atoms with Gasteiger partial charge in [0.15, 0.2) is 11.5 Å². The van der Waals surface area contributed by atoms with E-state index in [1.807, 2.05) is 6.92 Å². The number of carbonyl (C=O) groups is 1. The molecule has 3 unspecified atom stereocenters. The molecule has 3 saturated carbocycles. The second kappa shape index (κ2) is 11.6. The first-order chi connectivity index (χ1) is 19.4.